The molecule has 5 rings (SSSR count). The lowest BCUT2D eigenvalue weighted by molar-refractivity contribution is -0.157. The minimum absolute atomic E-state index is 0.00717. The number of carbonyl (C=O) groups is 2. The highest BCUT2D eigenvalue weighted by molar-refractivity contribution is 7.11. The molecule has 1 atom stereocenters. The molecule has 0 radical (unpaired) electrons. The first kappa shape index (κ1) is 15.3. The van der Waals surface area contributed by atoms with Crippen molar-refractivity contribution in [3.8, 4) is 0 Å². The standard InChI is InChI=1S/C19H16N4O2S/c24-18-11-23(20-9-12-4-3-7-26-12)19(25)17-8-14-13-5-1-2-6-15(13)21-16(14)10-22(17)18/h1-7,9,17,21H,8,10-11H2/t17-/m0/s1. The monoisotopic (exact) mass is 364 g/mol. The Bertz CT molecular complexity index is 1040. The first-order valence-corrected chi connectivity index (χ1v) is 9.35. The number of hydrogen-bond donors (Lipinski definition) is 1. The average Bonchev–Trinajstić information content (AvgIpc) is 3.29. The van der Waals surface area contributed by atoms with E-state index in [4.69, 9.17) is 0 Å². The quantitative estimate of drug-likeness (QED) is 0.709. The van der Waals surface area contributed by atoms with Gasteiger partial charge in [0, 0.05) is 27.9 Å². The molecule has 7 heteroatoms. The maximum atomic E-state index is 12.9. The number of aromatic nitrogens is 1. The summed E-state index contributed by atoms with van der Waals surface area (Å²) in [6.45, 7) is 0.439. The second-order valence-corrected chi connectivity index (χ2v) is 7.50. The number of piperazine rings is 1. The maximum Gasteiger partial charge on any atom is 0.266 e. The molecule has 1 aromatic carbocycles. The van der Waals surface area contributed by atoms with Crippen molar-refractivity contribution in [2.45, 2.75) is 19.0 Å². The number of rotatable bonds is 2. The molecule has 0 unspecified atom stereocenters. The molecule has 1 saturated heterocycles. The zero-order chi connectivity index (χ0) is 17.7. The summed E-state index contributed by atoms with van der Waals surface area (Å²) in [6.07, 6.45) is 2.17. The number of nitrogens with one attached hydrogen (secondary N) is 1. The van der Waals surface area contributed by atoms with Crippen molar-refractivity contribution in [2.24, 2.45) is 5.10 Å². The fourth-order valence-electron chi connectivity index (χ4n) is 3.75. The number of hydrogen-bond acceptors (Lipinski definition) is 4. The molecule has 2 amide bonds. The number of carbonyl (C=O) groups excluding carboxylic acids is 2. The molecule has 3 aromatic rings. The third-order valence-corrected chi connectivity index (χ3v) is 5.82. The molecule has 2 aliphatic heterocycles. The summed E-state index contributed by atoms with van der Waals surface area (Å²) in [7, 11) is 0. The van der Waals surface area contributed by atoms with E-state index in [1.165, 1.54) is 5.01 Å². The zero-order valence-corrected chi connectivity index (χ0v) is 14.7. The van der Waals surface area contributed by atoms with Gasteiger partial charge in [-0.05, 0) is 23.1 Å². The molecule has 0 spiro atoms. The largest absolute Gasteiger partial charge is 0.357 e. The summed E-state index contributed by atoms with van der Waals surface area (Å²) in [5.74, 6) is -0.185. The van der Waals surface area contributed by atoms with E-state index in [1.54, 1.807) is 22.5 Å². The van der Waals surface area contributed by atoms with Gasteiger partial charge in [-0.2, -0.15) is 5.10 Å². The second-order valence-electron chi connectivity index (χ2n) is 6.53. The van der Waals surface area contributed by atoms with Crippen LogP contribution in [0.2, 0.25) is 0 Å². The van der Waals surface area contributed by atoms with Crippen molar-refractivity contribution < 1.29 is 9.59 Å². The van der Waals surface area contributed by atoms with Crippen molar-refractivity contribution in [1.82, 2.24) is 14.9 Å². The van der Waals surface area contributed by atoms with Gasteiger partial charge in [-0.15, -0.1) is 11.3 Å². The topological polar surface area (TPSA) is 68.8 Å². The van der Waals surface area contributed by atoms with E-state index in [0.717, 1.165) is 27.0 Å². The van der Waals surface area contributed by atoms with E-state index in [1.807, 2.05) is 35.7 Å². The van der Waals surface area contributed by atoms with E-state index in [9.17, 15) is 9.59 Å². The van der Waals surface area contributed by atoms with E-state index in [0.29, 0.717) is 13.0 Å². The van der Waals surface area contributed by atoms with Crippen LogP contribution in [0.15, 0.2) is 46.9 Å². The molecule has 1 N–H and O–H groups in total. The first-order valence-electron chi connectivity index (χ1n) is 8.47. The van der Waals surface area contributed by atoms with Crippen molar-refractivity contribution in [2.75, 3.05) is 6.54 Å². The molecule has 0 aliphatic carbocycles. The van der Waals surface area contributed by atoms with Crippen LogP contribution in [-0.4, -0.2) is 45.5 Å². The number of thiophene rings is 1. The second kappa shape index (κ2) is 5.81. The first-order chi connectivity index (χ1) is 12.7. The van der Waals surface area contributed by atoms with Gasteiger partial charge in [0.15, 0.2) is 0 Å². The Hall–Kier alpha value is -2.93. The van der Waals surface area contributed by atoms with Gasteiger partial charge in [-0.3, -0.25) is 9.59 Å². The third kappa shape index (κ3) is 2.35. The molecular weight excluding hydrogens is 348 g/mol. The molecule has 4 heterocycles. The lowest BCUT2D eigenvalue weighted by atomic mass is 9.94. The molecule has 26 heavy (non-hydrogen) atoms. The molecule has 0 saturated carbocycles. The van der Waals surface area contributed by atoms with Gasteiger partial charge in [-0.1, -0.05) is 24.3 Å². The SMILES string of the molecule is O=C1[C@@H]2Cc3c([nH]c4ccccc34)CN2C(=O)CN1N=Cc1cccs1. The van der Waals surface area contributed by atoms with Crippen LogP contribution in [0.1, 0.15) is 16.1 Å². The molecule has 130 valence electrons. The normalized spacial score (nSPS) is 20.1. The van der Waals surface area contributed by atoms with Crippen molar-refractivity contribution >= 4 is 40.3 Å². The van der Waals surface area contributed by atoms with Gasteiger partial charge < -0.3 is 9.88 Å². The highest BCUT2D eigenvalue weighted by atomic mass is 32.1. The predicted molar refractivity (Wildman–Crippen MR) is 100.0 cm³/mol. The summed E-state index contributed by atoms with van der Waals surface area (Å²) < 4.78 is 0. The minimum atomic E-state index is -0.483. The molecule has 1 fully saturated rings. The van der Waals surface area contributed by atoms with Gasteiger partial charge >= 0.3 is 0 Å². The van der Waals surface area contributed by atoms with E-state index in [-0.39, 0.29) is 18.4 Å². The Balaban J connectivity index is 1.48. The van der Waals surface area contributed by atoms with Gasteiger partial charge in [-0.25, -0.2) is 5.01 Å². The fraction of sp³-hybridized carbons (Fsp3) is 0.211. The van der Waals surface area contributed by atoms with Crippen LogP contribution >= 0.6 is 11.3 Å². The number of nitrogens with zero attached hydrogens (tertiary/aromatic N) is 3. The van der Waals surface area contributed by atoms with E-state index in [2.05, 4.69) is 16.2 Å². The van der Waals surface area contributed by atoms with Crippen LogP contribution in [0.4, 0.5) is 0 Å². The van der Waals surface area contributed by atoms with Crippen LogP contribution < -0.4 is 0 Å². The van der Waals surface area contributed by atoms with Gasteiger partial charge in [0.05, 0.1) is 12.8 Å². The number of H-pyrrole nitrogens is 1. The Kier molecular flexibility index (Phi) is 3.43. The maximum absolute atomic E-state index is 12.9. The zero-order valence-electron chi connectivity index (χ0n) is 13.9. The summed E-state index contributed by atoms with van der Waals surface area (Å²) >= 11 is 1.54. The van der Waals surface area contributed by atoms with Crippen LogP contribution in [0, 0.1) is 0 Å². The van der Waals surface area contributed by atoms with E-state index < -0.39 is 6.04 Å². The number of hydrazone groups is 1. The summed E-state index contributed by atoms with van der Waals surface area (Å²) in [5, 5.41) is 8.65. The van der Waals surface area contributed by atoms with Crippen molar-refractivity contribution in [3.63, 3.8) is 0 Å². The van der Waals surface area contributed by atoms with Gasteiger partial charge in [0.25, 0.3) is 5.91 Å². The number of fused-ring (bicyclic) bond motifs is 4. The van der Waals surface area contributed by atoms with E-state index >= 15 is 0 Å². The van der Waals surface area contributed by atoms with Gasteiger partial charge in [0.2, 0.25) is 5.91 Å². The number of para-hydroxylation sites is 1. The molecule has 0 bridgehead atoms. The number of benzene rings is 1. The highest BCUT2D eigenvalue weighted by Gasteiger charge is 2.43. The van der Waals surface area contributed by atoms with Crippen molar-refractivity contribution in [1.29, 1.82) is 0 Å². The molecule has 2 aromatic heterocycles. The summed E-state index contributed by atoms with van der Waals surface area (Å²) in [5.41, 5.74) is 3.20. The highest BCUT2D eigenvalue weighted by Crippen LogP contribution is 2.32. The Labute approximate surface area is 153 Å². The Morgan fingerprint density at radius 1 is 1.15 bits per heavy atom. The molecule has 6 nitrogen and oxygen atoms in total. The predicted octanol–water partition coefficient (Wildman–Crippen LogP) is 2.36. The smallest absolute Gasteiger partial charge is 0.266 e. The number of amides is 2. The van der Waals surface area contributed by atoms with Crippen LogP contribution in [0.5, 0.6) is 0 Å². The number of aromatic amines is 1. The van der Waals surface area contributed by atoms with Crippen LogP contribution in [0.3, 0.4) is 0 Å². The van der Waals surface area contributed by atoms with Crippen LogP contribution in [0.25, 0.3) is 10.9 Å². The summed E-state index contributed by atoms with van der Waals surface area (Å²) in [4.78, 5) is 31.6. The van der Waals surface area contributed by atoms with Gasteiger partial charge in [0.1, 0.15) is 12.6 Å². The minimum Gasteiger partial charge on any atom is -0.357 e. The lowest BCUT2D eigenvalue weighted by Gasteiger charge is -2.40. The average molecular weight is 364 g/mol. The summed E-state index contributed by atoms with van der Waals surface area (Å²) in [6, 6.07) is 11.4. The van der Waals surface area contributed by atoms with Crippen molar-refractivity contribution in [3.05, 3.63) is 57.9 Å². The Morgan fingerprint density at radius 2 is 2.04 bits per heavy atom. The lowest BCUT2D eigenvalue weighted by Crippen LogP contribution is -2.60. The Morgan fingerprint density at radius 3 is 2.88 bits per heavy atom. The fourth-order valence-corrected chi connectivity index (χ4v) is 4.33. The third-order valence-electron chi connectivity index (χ3n) is 5.02. The van der Waals surface area contributed by atoms with Crippen LogP contribution in [-0.2, 0) is 22.6 Å². The molecule has 2 aliphatic rings. The molecular formula is C19H16N4O2S.